The summed E-state index contributed by atoms with van der Waals surface area (Å²) in [5, 5.41) is 10.1. The SMILES string of the molecule is C=CCN(CCC)C(=O)[C@@H]1[C@H]2C(=O)N([C@H](C)CO)C(C(=O)N(CC=C)C(C)(C)CC(C)(C)C)C23CC[C@H]1O3. The molecule has 8 nitrogen and oxygen atoms in total. The molecule has 3 aliphatic rings. The summed E-state index contributed by atoms with van der Waals surface area (Å²) in [6.45, 7) is 23.0. The number of carbonyl (C=O) groups excluding carboxylic acids is 3. The molecular formula is C30H49N3O5. The molecule has 214 valence electrons. The van der Waals surface area contributed by atoms with Crippen molar-refractivity contribution in [3.05, 3.63) is 25.3 Å². The van der Waals surface area contributed by atoms with Gasteiger partial charge in [0.05, 0.1) is 30.6 Å². The van der Waals surface area contributed by atoms with Gasteiger partial charge in [0, 0.05) is 25.2 Å². The number of rotatable bonds is 12. The molecule has 3 rings (SSSR count). The second kappa shape index (κ2) is 11.1. The van der Waals surface area contributed by atoms with Crippen LogP contribution in [0.5, 0.6) is 0 Å². The molecule has 0 saturated carbocycles. The molecule has 1 spiro atoms. The van der Waals surface area contributed by atoms with Crippen LogP contribution in [0.4, 0.5) is 0 Å². The van der Waals surface area contributed by atoms with Crippen molar-refractivity contribution in [1.82, 2.24) is 14.7 Å². The molecule has 3 amide bonds. The van der Waals surface area contributed by atoms with E-state index in [2.05, 4.69) is 33.9 Å². The molecule has 3 aliphatic heterocycles. The fraction of sp³-hybridized carbons (Fsp3) is 0.767. The highest BCUT2D eigenvalue weighted by atomic mass is 16.5. The third-order valence-electron chi connectivity index (χ3n) is 8.42. The Bertz CT molecular complexity index is 941. The lowest BCUT2D eigenvalue weighted by molar-refractivity contribution is -0.155. The van der Waals surface area contributed by atoms with Crippen molar-refractivity contribution in [3.63, 3.8) is 0 Å². The predicted octanol–water partition coefficient (Wildman–Crippen LogP) is 3.40. The number of hydrogen-bond acceptors (Lipinski definition) is 5. The third kappa shape index (κ3) is 5.18. The zero-order valence-electron chi connectivity index (χ0n) is 24.5. The lowest BCUT2D eigenvalue weighted by atomic mass is 9.70. The molecule has 3 fully saturated rings. The van der Waals surface area contributed by atoms with Gasteiger partial charge in [-0.3, -0.25) is 14.4 Å². The number of ether oxygens (including phenoxy) is 1. The standard InChI is InChI=1S/C30H49N3O5/c1-10-15-31(16-11-2)25(35)22-21-13-14-30(38-21)23(22)26(36)33(20(4)18-34)24(30)27(37)32(17-12-3)29(8,9)19-28(5,6)7/h10,12,20-24,34H,1,3,11,13-19H2,2,4-9H3/t20-,21-,22+,23+,24?,30?/m1/s1. The normalized spacial score (nSPS) is 29.3. The van der Waals surface area contributed by atoms with Crippen molar-refractivity contribution >= 4 is 17.7 Å². The van der Waals surface area contributed by atoms with Crippen molar-refractivity contribution < 1.29 is 24.2 Å². The third-order valence-corrected chi connectivity index (χ3v) is 8.42. The summed E-state index contributed by atoms with van der Waals surface area (Å²) in [5.41, 5.74) is -1.66. The molecule has 1 N–H and O–H groups in total. The first-order valence-corrected chi connectivity index (χ1v) is 14.1. The molecule has 6 atom stereocenters. The summed E-state index contributed by atoms with van der Waals surface area (Å²) < 4.78 is 6.60. The second-order valence-corrected chi connectivity index (χ2v) is 13.2. The maximum Gasteiger partial charge on any atom is 0.249 e. The minimum absolute atomic E-state index is 0.0404. The van der Waals surface area contributed by atoms with Gasteiger partial charge in [-0.05, 0) is 51.9 Å². The van der Waals surface area contributed by atoms with Crippen LogP contribution in [-0.2, 0) is 19.1 Å². The Morgan fingerprint density at radius 3 is 2.34 bits per heavy atom. The molecule has 3 heterocycles. The van der Waals surface area contributed by atoms with Crippen LogP contribution in [0.25, 0.3) is 0 Å². The molecule has 0 aliphatic carbocycles. The highest BCUT2D eigenvalue weighted by Crippen LogP contribution is 2.59. The summed E-state index contributed by atoms with van der Waals surface area (Å²) in [7, 11) is 0. The Balaban J connectivity index is 2.09. The molecule has 2 bridgehead atoms. The van der Waals surface area contributed by atoms with Crippen LogP contribution < -0.4 is 0 Å². The number of carbonyl (C=O) groups is 3. The first-order valence-electron chi connectivity index (χ1n) is 14.1. The summed E-state index contributed by atoms with van der Waals surface area (Å²) >= 11 is 0. The first kappa shape index (κ1) is 30.4. The average Bonchev–Trinajstić information content (AvgIpc) is 3.46. The fourth-order valence-corrected chi connectivity index (χ4v) is 7.45. The van der Waals surface area contributed by atoms with Crippen LogP contribution in [0, 0.1) is 17.3 Å². The molecule has 0 radical (unpaired) electrons. The number of aliphatic hydroxyl groups is 1. The lowest BCUT2D eigenvalue weighted by Gasteiger charge is -2.46. The van der Waals surface area contributed by atoms with Crippen molar-refractivity contribution in [2.75, 3.05) is 26.2 Å². The summed E-state index contributed by atoms with van der Waals surface area (Å²) in [6.07, 6.45) is 5.68. The van der Waals surface area contributed by atoms with Crippen LogP contribution in [0.2, 0.25) is 0 Å². The molecule has 2 unspecified atom stereocenters. The zero-order chi connectivity index (χ0) is 28.6. The maximum atomic E-state index is 14.6. The highest BCUT2D eigenvalue weighted by molar-refractivity contribution is 5.99. The Hall–Kier alpha value is -2.19. The van der Waals surface area contributed by atoms with Crippen LogP contribution in [0.3, 0.4) is 0 Å². The molecule has 0 aromatic rings. The Morgan fingerprint density at radius 1 is 1.18 bits per heavy atom. The number of nitrogens with zero attached hydrogens (tertiary/aromatic N) is 3. The molecule has 0 aromatic carbocycles. The Morgan fingerprint density at radius 2 is 1.82 bits per heavy atom. The minimum Gasteiger partial charge on any atom is -0.394 e. The molecule has 0 aromatic heterocycles. The second-order valence-electron chi connectivity index (χ2n) is 13.2. The van der Waals surface area contributed by atoms with E-state index in [9.17, 15) is 19.5 Å². The van der Waals surface area contributed by atoms with Crippen LogP contribution >= 0.6 is 0 Å². The molecule has 3 saturated heterocycles. The summed E-state index contributed by atoms with van der Waals surface area (Å²) in [5.74, 6) is -1.99. The van der Waals surface area contributed by atoms with Crippen LogP contribution in [0.15, 0.2) is 25.3 Å². The van der Waals surface area contributed by atoms with Gasteiger partial charge in [-0.15, -0.1) is 13.2 Å². The predicted molar refractivity (Wildman–Crippen MR) is 148 cm³/mol. The maximum absolute atomic E-state index is 14.6. The van der Waals surface area contributed by atoms with E-state index in [1.807, 2.05) is 25.7 Å². The van der Waals surface area contributed by atoms with Gasteiger partial charge in [-0.1, -0.05) is 39.8 Å². The highest BCUT2D eigenvalue weighted by Gasteiger charge is 2.75. The van der Waals surface area contributed by atoms with E-state index in [1.54, 1.807) is 24.0 Å². The summed E-state index contributed by atoms with van der Waals surface area (Å²) in [4.78, 5) is 47.7. The summed E-state index contributed by atoms with van der Waals surface area (Å²) in [6, 6.07) is -1.51. The number of hydrogen-bond donors (Lipinski definition) is 1. The fourth-order valence-electron chi connectivity index (χ4n) is 7.45. The van der Waals surface area contributed by atoms with Gasteiger partial charge in [-0.25, -0.2) is 0 Å². The van der Waals surface area contributed by atoms with Gasteiger partial charge in [0.25, 0.3) is 0 Å². The van der Waals surface area contributed by atoms with Gasteiger partial charge >= 0.3 is 0 Å². The van der Waals surface area contributed by atoms with E-state index in [0.29, 0.717) is 32.5 Å². The smallest absolute Gasteiger partial charge is 0.249 e. The van der Waals surface area contributed by atoms with Crippen LogP contribution in [0.1, 0.15) is 74.1 Å². The van der Waals surface area contributed by atoms with E-state index in [4.69, 9.17) is 4.74 Å². The van der Waals surface area contributed by atoms with Crippen LogP contribution in [-0.4, -0.2) is 93.1 Å². The van der Waals surface area contributed by atoms with E-state index in [1.165, 1.54) is 4.90 Å². The Kier molecular flexibility index (Phi) is 8.89. The molecule has 38 heavy (non-hydrogen) atoms. The zero-order valence-corrected chi connectivity index (χ0v) is 24.5. The van der Waals surface area contributed by atoms with Gasteiger partial charge in [-0.2, -0.15) is 0 Å². The van der Waals surface area contributed by atoms with Crippen molar-refractivity contribution in [2.45, 2.75) is 103 Å². The lowest BCUT2D eigenvalue weighted by Crippen LogP contribution is -2.62. The first-order chi connectivity index (χ1) is 17.7. The molecule has 8 heteroatoms. The topological polar surface area (TPSA) is 90.4 Å². The number of likely N-dealkylation sites (tertiary alicyclic amines) is 1. The van der Waals surface area contributed by atoms with E-state index in [0.717, 1.165) is 12.8 Å². The average molecular weight is 532 g/mol. The van der Waals surface area contributed by atoms with E-state index in [-0.39, 0.29) is 29.7 Å². The monoisotopic (exact) mass is 531 g/mol. The van der Waals surface area contributed by atoms with Gasteiger partial charge in [0.15, 0.2) is 0 Å². The largest absolute Gasteiger partial charge is 0.394 e. The minimum atomic E-state index is -1.09. The number of aliphatic hydroxyl groups excluding tert-OH is 1. The van der Waals surface area contributed by atoms with Crippen molar-refractivity contribution in [3.8, 4) is 0 Å². The van der Waals surface area contributed by atoms with E-state index >= 15 is 0 Å². The number of amides is 3. The van der Waals surface area contributed by atoms with Gasteiger partial charge in [0.2, 0.25) is 17.7 Å². The van der Waals surface area contributed by atoms with Gasteiger partial charge in [0.1, 0.15) is 11.6 Å². The Labute approximate surface area is 229 Å². The van der Waals surface area contributed by atoms with E-state index < -0.39 is 41.2 Å². The molecular weight excluding hydrogens is 482 g/mol. The van der Waals surface area contributed by atoms with Gasteiger partial charge < -0.3 is 24.5 Å². The quantitative estimate of drug-likeness (QED) is 0.390. The number of fused-ring (bicyclic) bond motifs is 1. The van der Waals surface area contributed by atoms with Crippen molar-refractivity contribution in [1.29, 1.82) is 0 Å². The van der Waals surface area contributed by atoms with Crippen molar-refractivity contribution in [2.24, 2.45) is 17.3 Å².